The lowest BCUT2D eigenvalue weighted by Crippen LogP contribution is -2.30. The number of allylic oxidation sites excluding steroid dienone is 22. The second-order valence-corrected chi connectivity index (χ2v) is 19.5. The van der Waals surface area contributed by atoms with E-state index >= 15 is 0 Å². The second kappa shape index (κ2) is 61.1. The number of carbonyl (C=O) groups excluding carboxylic acids is 3. The van der Waals surface area contributed by atoms with E-state index in [4.69, 9.17) is 14.2 Å². The van der Waals surface area contributed by atoms with Crippen molar-refractivity contribution >= 4 is 17.9 Å². The third-order valence-corrected chi connectivity index (χ3v) is 12.4. The SMILES string of the molecule is CC/C=C\C/C=C\C/C=C\C/C=C\C/C=C\C/C=C\C/C=C\CCCC(=O)OCC(COC(=O)CCCCCCC/C=C\C/C=C\CCCCCC)OC(=O)CCCCCCCCC/C=C\C/C=C\CCCCC. The molecule has 0 aromatic heterocycles. The summed E-state index contributed by atoms with van der Waals surface area (Å²) in [6.45, 7) is 6.42. The molecule has 1 atom stereocenters. The van der Waals surface area contributed by atoms with Crippen LogP contribution in [0.4, 0.5) is 0 Å². The second-order valence-electron chi connectivity index (χ2n) is 19.5. The van der Waals surface area contributed by atoms with Crippen molar-refractivity contribution in [2.24, 2.45) is 0 Å². The van der Waals surface area contributed by atoms with Crippen molar-refractivity contribution in [3.8, 4) is 0 Å². The third-order valence-electron chi connectivity index (χ3n) is 12.4. The third kappa shape index (κ3) is 58.4. The van der Waals surface area contributed by atoms with Gasteiger partial charge in [-0.25, -0.2) is 0 Å². The molecule has 0 saturated heterocycles. The van der Waals surface area contributed by atoms with Crippen LogP contribution in [0.1, 0.15) is 258 Å². The van der Waals surface area contributed by atoms with Crippen LogP contribution in [-0.2, 0) is 28.6 Å². The van der Waals surface area contributed by atoms with Gasteiger partial charge in [-0.2, -0.15) is 0 Å². The van der Waals surface area contributed by atoms with Gasteiger partial charge < -0.3 is 14.2 Å². The van der Waals surface area contributed by atoms with Gasteiger partial charge in [-0.15, -0.1) is 0 Å². The molecule has 0 amide bonds. The highest BCUT2D eigenvalue weighted by molar-refractivity contribution is 5.71. The van der Waals surface area contributed by atoms with E-state index in [1.165, 1.54) is 83.5 Å². The summed E-state index contributed by atoms with van der Waals surface area (Å²) in [5, 5.41) is 0. The van der Waals surface area contributed by atoms with Gasteiger partial charge >= 0.3 is 17.9 Å². The zero-order valence-corrected chi connectivity index (χ0v) is 47.8. The Morgan fingerprint density at radius 3 is 0.905 bits per heavy atom. The number of rotatable bonds is 53. The Morgan fingerprint density at radius 1 is 0.284 bits per heavy atom. The Labute approximate surface area is 455 Å². The lowest BCUT2D eigenvalue weighted by molar-refractivity contribution is -0.167. The highest BCUT2D eigenvalue weighted by Gasteiger charge is 2.19. The van der Waals surface area contributed by atoms with Crippen LogP contribution in [0.3, 0.4) is 0 Å². The van der Waals surface area contributed by atoms with Gasteiger partial charge in [-0.3, -0.25) is 14.4 Å². The molecule has 0 aromatic carbocycles. The van der Waals surface area contributed by atoms with Gasteiger partial charge in [0.1, 0.15) is 13.2 Å². The van der Waals surface area contributed by atoms with Gasteiger partial charge in [0.2, 0.25) is 0 Å². The van der Waals surface area contributed by atoms with Crippen LogP contribution in [-0.4, -0.2) is 37.2 Å². The maximum atomic E-state index is 12.9. The maximum absolute atomic E-state index is 12.9. The van der Waals surface area contributed by atoms with Crippen LogP contribution in [0.2, 0.25) is 0 Å². The molecule has 0 aliphatic heterocycles. The number of ether oxygens (including phenoxy) is 3. The zero-order chi connectivity index (χ0) is 53.6. The highest BCUT2D eigenvalue weighted by Crippen LogP contribution is 2.14. The summed E-state index contributed by atoms with van der Waals surface area (Å²) in [7, 11) is 0. The van der Waals surface area contributed by atoms with Crippen LogP contribution in [0, 0.1) is 0 Å². The van der Waals surface area contributed by atoms with Gasteiger partial charge in [0, 0.05) is 19.3 Å². The van der Waals surface area contributed by atoms with Crippen LogP contribution < -0.4 is 0 Å². The number of hydrogen-bond donors (Lipinski definition) is 0. The number of hydrogen-bond acceptors (Lipinski definition) is 6. The van der Waals surface area contributed by atoms with Crippen LogP contribution >= 0.6 is 0 Å². The van der Waals surface area contributed by atoms with Crippen molar-refractivity contribution in [2.45, 2.75) is 264 Å². The fraction of sp³-hybridized carbons (Fsp3) is 0.632. The maximum Gasteiger partial charge on any atom is 0.306 e. The average Bonchev–Trinajstić information content (AvgIpc) is 3.40. The highest BCUT2D eigenvalue weighted by atomic mass is 16.6. The lowest BCUT2D eigenvalue weighted by atomic mass is 10.1. The minimum atomic E-state index is -0.818. The molecule has 0 radical (unpaired) electrons. The van der Waals surface area contributed by atoms with E-state index in [-0.39, 0.29) is 37.5 Å². The molecule has 418 valence electrons. The van der Waals surface area contributed by atoms with E-state index in [0.717, 1.165) is 128 Å². The summed E-state index contributed by atoms with van der Waals surface area (Å²) in [6.07, 6.45) is 85.9. The summed E-state index contributed by atoms with van der Waals surface area (Å²) < 4.78 is 16.8. The molecule has 0 fully saturated rings. The summed E-state index contributed by atoms with van der Waals surface area (Å²) >= 11 is 0. The fourth-order valence-electron chi connectivity index (χ4n) is 7.84. The first-order chi connectivity index (χ1) is 36.5. The summed E-state index contributed by atoms with van der Waals surface area (Å²) in [5.74, 6) is -0.994. The Balaban J connectivity index is 4.53. The van der Waals surface area contributed by atoms with Gasteiger partial charge in [-0.05, 0) is 135 Å². The summed E-state index contributed by atoms with van der Waals surface area (Å²) in [4.78, 5) is 38.2. The Hall–Kier alpha value is -4.45. The van der Waals surface area contributed by atoms with E-state index in [0.29, 0.717) is 19.3 Å². The van der Waals surface area contributed by atoms with Gasteiger partial charge in [0.05, 0.1) is 0 Å². The molecule has 0 saturated carbocycles. The Morgan fingerprint density at radius 2 is 0.541 bits per heavy atom. The molecule has 0 heterocycles. The first-order valence-electron chi connectivity index (χ1n) is 30.2. The van der Waals surface area contributed by atoms with E-state index in [9.17, 15) is 14.4 Å². The minimum absolute atomic E-state index is 0.111. The lowest BCUT2D eigenvalue weighted by Gasteiger charge is -2.18. The average molecular weight is 1020 g/mol. The van der Waals surface area contributed by atoms with E-state index in [1.807, 2.05) is 0 Å². The standard InChI is InChI=1S/C68H110O6/c1-4-7-10-13-16-19-22-25-28-31-32-33-34-35-36-38-40-43-46-49-52-55-58-61-67(70)73-64-65(63-72-66(69)60-57-54-51-48-45-42-39-30-27-24-21-18-15-12-9-6-3)74-68(71)62-59-56-53-50-47-44-41-37-29-26-23-20-17-14-11-8-5-2/h7,10,16-17,19-21,24-26,28-30,32-33,35-36,39-40,43,49,52,65H,4-6,8-9,11-15,18,22-23,27,31,34,37-38,41-42,44-48,50-51,53-64H2,1-3H3/b10-7-,19-16-,20-17-,24-21-,28-25-,29-26-,33-32-,36-35-,39-30-,43-40-,52-49-. The predicted molar refractivity (Wildman–Crippen MR) is 320 cm³/mol. The zero-order valence-electron chi connectivity index (χ0n) is 47.8. The monoisotopic (exact) mass is 1020 g/mol. The number of esters is 3. The quantitative estimate of drug-likeness (QED) is 0.0261. The predicted octanol–water partition coefficient (Wildman–Crippen LogP) is 20.6. The molecule has 0 spiro atoms. The van der Waals surface area contributed by atoms with Crippen molar-refractivity contribution < 1.29 is 28.6 Å². The van der Waals surface area contributed by atoms with Crippen molar-refractivity contribution in [1.82, 2.24) is 0 Å². The molecule has 1 unspecified atom stereocenters. The largest absolute Gasteiger partial charge is 0.462 e. The summed E-state index contributed by atoms with van der Waals surface area (Å²) in [6, 6.07) is 0. The molecule has 0 aliphatic rings. The van der Waals surface area contributed by atoms with Crippen molar-refractivity contribution in [2.75, 3.05) is 13.2 Å². The Bertz CT molecular complexity index is 1600. The smallest absolute Gasteiger partial charge is 0.306 e. The number of unbranched alkanes of at least 4 members (excludes halogenated alkanes) is 20. The topological polar surface area (TPSA) is 78.9 Å². The first-order valence-corrected chi connectivity index (χ1v) is 30.2. The summed E-state index contributed by atoms with van der Waals surface area (Å²) in [5.41, 5.74) is 0. The molecule has 0 aromatic rings. The van der Waals surface area contributed by atoms with Crippen molar-refractivity contribution in [3.05, 3.63) is 134 Å². The number of carbonyl (C=O) groups is 3. The van der Waals surface area contributed by atoms with Gasteiger partial charge in [-0.1, -0.05) is 238 Å². The fourth-order valence-corrected chi connectivity index (χ4v) is 7.84. The molecule has 0 rings (SSSR count). The molecule has 6 nitrogen and oxygen atoms in total. The molecule has 74 heavy (non-hydrogen) atoms. The van der Waals surface area contributed by atoms with Gasteiger partial charge in [0.25, 0.3) is 0 Å². The Kier molecular flexibility index (Phi) is 57.4. The molecule has 0 aliphatic carbocycles. The van der Waals surface area contributed by atoms with Crippen LogP contribution in [0.5, 0.6) is 0 Å². The first kappa shape index (κ1) is 69.5. The van der Waals surface area contributed by atoms with E-state index in [2.05, 4.69) is 154 Å². The van der Waals surface area contributed by atoms with Crippen molar-refractivity contribution in [1.29, 1.82) is 0 Å². The molecule has 0 bridgehead atoms. The normalized spacial score (nSPS) is 13.1. The van der Waals surface area contributed by atoms with Crippen LogP contribution in [0.25, 0.3) is 0 Å². The molecule has 6 heteroatoms. The van der Waals surface area contributed by atoms with Crippen LogP contribution in [0.15, 0.2) is 134 Å². The minimum Gasteiger partial charge on any atom is -0.462 e. The van der Waals surface area contributed by atoms with Gasteiger partial charge in [0.15, 0.2) is 6.10 Å². The van der Waals surface area contributed by atoms with Crippen molar-refractivity contribution in [3.63, 3.8) is 0 Å². The van der Waals surface area contributed by atoms with E-state index in [1.54, 1.807) is 0 Å². The molecular formula is C68H110O6. The van der Waals surface area contributed by atoms with E-state index < -0.39 is 6.10 Å². The molecule has 0 N–H and O–H groups in total. The molecular weight excluding hydrogens is 913 g/mol.